The highest BCUT2D eigenvalue weighted by Crippen LogP contribution is 2.33. The van der Waals surface area contributed by atoms with Gasteiger partial charge in [-0.05, 0) is 24.0 Å². The molecule has 0 atom stereocenters. The van der Waals surface area contributed by atoms with Crippen LogP contribution in [0.4, 0.5) is 0 Å². The summed E-state index contributed by atoms with van der Waals surface area (Å²) in [7, 11) is 0. The van der Waals surface area contributed by atoms with Crippen LogP contribution in [-0.2, 0) is 4.74 Å². The zero-order valence-electron chi connectivity index (χ0n) is 17.2. The number of esters is 1. The second-order valence-electron chi connectivity index (χ2n) is 7.12. The maximum absolute atomic E-state index is 12.6. The number of ether oxygens (including phenoxy) is 1. The van der Waals surface area contributed by atoms with Crippen molar-refractivity contribution in [2.45, 2.75) is 6.92 Å². The number of hydrogen-bond donors (Lipinski definition) is 0. The first-order valence-electron chi connectivity index (χ1n) is 10.2. The quantitative estimate of drug-likeness (QED) is 0.185. The van der Waals surface area contributed by atoms with E-state index in [1.165, 1.54) is 0 Å². The number of carbonyl (C=O) groups is 1. The van der Waals surface area contributed by atoms with Gasteiger partial charge < -0.3 is 9.94 Å². The number of fused-ring (bicyclic) bond motifs is 3. The van der Waals surface area contributed by atoms with Crippen molar-refractivity contribution in [3.63, 3.8) is 0 Å². The maximum atomic E-state index is 12.6. The highest BCUT2D eigenvalue weighted by molar-refractivity contribution is 6.12. The van der Waals surface area contributed by atoms with Crippen LogP contribution in [-0.4, -0.2) is 27.5 Å². The van der Waals surface area contributed by atoms with Gasteiger partial charge in [0.1, 0.15) is 16.4 Å². The molecule has 156 valence electrons. The molecule has 0 radical (unpaired) electrons. The summed E-state index contributed by atoms with van der Waals surface area (Å²) in [5.41, 5.74) is 4.42. The van der Waals surface area contributed by atoms with Gasteiger partial charge in [0.05, 0.1) is 23.5 Å². The van der Waals surface area contributed by atoms with Crippen LogP contribution in [0.25, 0.3) is 44.5 Å². The molecule has 2 aromatic heterocycles. The van der Waals surface area contributed by atoms with Crippen molar-refractivity contribution < 1.29 is 14.3 Å². The molecule has 0 aliphatic carbocycles. The standard InChI is InChI=1S/C25H18N4O3/c1-2-32-25(30)24-20-19(29(31)15-26-24)14-13-18-23(20)28-22(17-11-7-4-8-12-17)21(27-18)16-9-5-3-6-10-16/h3-15H,2H2,1H3. The van der Waals surface area contributed by atoms with Gasteiger partial charge in [-0.1, -0.05) is 60.7 Å². The second-order valence-corrected chi connectivity index (χ2v) is 7.12. The van der Waals surface area contributed by atoms with Crippen LogP contribution >= 0.6 is 0 Å². The first-order valence-corrected chi connectivity index (χ1v) is 10.2. The third-order valence-corrected chi connectivity index (χ3v) is 5.14. The van der Waals surface area contributed by atoms with Gasteiger partial charge >= 0.3 is 5.97 Å². The van der Waals surface area contributed by atoms with E-state index in [1.54, 1.807) is 19.1 Å². The summed E-state index contributed by atoms with van der Waals surface area (Å²) < 4.78 is 5.79. The summed E-state index contributed by atoms with van der Waals surface area (Å²) in [6.45, 7) is 1.91. The lowest BCUT2D eigenvalue weighted by molar-refractivity contribution is -0.580. The van der Waals surface area contributed by atoms with Gasteiger partial charge in [-0.15, -0.1) is 0 Å². The molecule has 0 aliphatic heterocycles. The number of hydrogen-bond acceptors (Lipinski definition) is 6. The zero-order valence-corrected chi connectivity index (χ0v) is 17.2. The van der Waals surface area contributed by atoms with Crippen molar-refractivity contribution in [2.75, 3.05) is 6.61 Å². The number of nitrogens with zero attached hydrogens (tertiary/aromatic N) is 4. The second kappa shape index (κ2) is 8.03. The molecule has 0 amide bonds. The predicted octanol–water partition coefficient (Wildman–Crippen LogP) is 4.32. The van der Waals surface area contributed by atoms with E-state index in [0.717, 1.165) is 17.5 Å². The SMILES string of the molecule is CCOC(=O)c1nc[n+]([O-])c2ccc3nc(-c4ccccc4)c(-c4ccccc4)nc3c12. The summed E-state index contributed by atoms with van der Waals surface area (Å²) in [6.07, 6.45) is 1.06. The van der Waals surface area contributed by atoms with Gasteiger partial charge in [0.25, 0.3) is 12.0 Å². The zero-order chi connectivity index (χ0) is 22.1. The Bertz CT molecular complexity index is 1450. The molecule has 0 aliphatic rings. The molecule has 0 N–H and O–H groups in total. The van der Waals surface area contributed by atoms with E-state index in [0.29, 0.717) is 32.5 Å². The molecule has 7 nitrogen and oxygen atoms in total. The largest absolute Gasteiger partial charge is 0.710 e. The van der Waals surface area contributed by atoms with E-state index < -0.39 is 5.97 Å². The van der Waals surface area contributed by atoms with Crippen LogP contribution in [0.15, 0.2) is 79.1 Å². The lowest BCUT2D eigenvalue weighted by Crippen LogP contribution is -2.29. The van der Waals surface area contributed by atoms with Crippen LogP contribution in [0.3, 0.4) is 0 Å². The van der Waals surface area contributed by atoms with E-state index in [-0.39, 0.29) is 17.8 Å². The Morgan fingerprint density at radius 3 is 2.16 bits per heavy atom. The molecule has 0 unspecified atom stereocenters. The Kier molecular flexibility index (Phi) is 4.91. The van der Waals surface area contributed by atoms with Crippen molar-refractivity contribution in [1.29, 1.82) is 0 Å². The van der Waals surface area contributed by atoms with Crippen molar-refractivity contribution >= 4 is 27.9 Å². The molecule has 2 heterocycles. The van der Waals surface area contributed by atoms with Crippen LogP contribution in [0.2, 0.25) is 0 Å². The molecule has 32 heavy (non-hydrogen) atoms. The third-order valence-electron chi connectivity index (χ3n) is 5.14. The van der Waals surface area contributed by atoms with Crippen LogP contribution < -0.4 is 4.73 Å². The average Bonchev–Trinajstić information content (AvgIpc) is 2.84. The van der Waals surface area contributed by atoms with Crippen LogP contribution in [0.5, 0.6) is 0 Å². The van der Waals surface area contributed by atoms with Gasteiger partial charge in [-0.2, -0.15) is 0 Å². The minimum Gasteiger partial charge on any atom is -0.710 e. The summed E-state index contributed by atoms with van der Waals surface area (Å²) >= 11 is 0. The summed E-state index contributed by atoms with van der Waals surface area (Å²) in [5, 5.41) is 12.8. The summed E-state index contributed by atoms with van der Waals surface area (Å²) in [6, 6.07) is 22.8. The van der Waals surface area contributed by atoms with Crippen molar-refractivity contribution in [1.82, 2.24) is 15.0 Å². The number of carbonyl (C=O) groups excluding carboxylic acids is 1. The molecule has 0 spiro atoms. The molecule has 0 saturated carbocycles. The lowest BCUT2D eigenvalue weighted by atomic mass is 10.0. The van der Waals surface area contributed by atoms with Gasteiger partial charge in [0, 0.05) is 11.1 Å². The monoisotopic (exact) mass is 422 g/mol. The molecular formula is C25H18N4O3. The highest BCUT2D eigenvalue weighted by Gasteiger charge is 2.25. The van der Waals surface area contributed by atoms with E-state index in [2.05, 4.69) is 4.98 Å². The Balaban J connectivity index is 1.90. The van der Waals surface area contributed by atoms with E-state index in [9.17, 15) is 10.0 Å². The van der Waals surface area contributed by atoms with E-state index >= 15 is 0 Å². The van der Waals surface area contributed by atoms with Gasteiger partial charge in [-0.3, -0.25) is 0 Å². The van der Waals surface area contributed by atoms with Gasteiger partial charge in [0.2, 0.25) is 0 Å². The average molecular weight is 422 g/mol. The van der Waals surface area contributed by atoms with Gasteiger partial charge in [-0.25, -0.2) is 19.5 Å². The minimum atomic E-state index is -0.610. The Morgan fingerprint density at radius 2 is 1.53 bits per heavy atom. The molecular weight excluding hydrogens is 404 g/mol. The van der Waals surface area contributed by atoms with Crippen molar-refractivity contribution in [2.24, 2.45) is 0 Å². The molecule has 0 fully saturated rings. The predicted molar refractivity (Wildman–Crippen MR) is 121 cm³/mol. The first kappa shape index (κ1) is 19.6. The molecule has 0 bridgehead atoms. The summed E-state index contributed by atoms with van der Waals surface area (Å²) in [4.78, 5) is 26.5. The Labute approximate surface area is 183 Å². The number of rotatable bonds is 4. The first-order chi connectivity index (χ1) is 15.7. The molecule has 5 aromatic rings. The smallest absolute Gasteiger partial charge is 0.383 e. The normalized spacial score (nSPS) is 11.0. The number of aromatic nitrogens is 4. The van der Waals surface area contributed by atoms with Crippen molar-refractivity contribution in [3.8, 4) is 22.5 Å². The lowest BCUT2D eigenvalue weighted by Gasteiger charge is -2.13. The fourth-order valence-electron chi connectivity index (χ4n) is 3.71. The van der Waals surface area contributed by atoms with Gasteiger partial charge in [0.15, 0.2) is 0 Å². The van der Waals surface area contributed by atoms with Crippen LogP contribution in [0, 0.1) is 5.21 Å². The molecule has 5 rings (SSSR count). The molecule has 0 saturated heterocycles. The maximum Gasteiger partial charge on any atom is 0.383 e. The minimum absolute atomic E-state index is 0.0420. The van der Waals surface area contributed by atoms with E-state index in [4.69, 9.17) is 14.7 Å². The highest BCUT2D eigenvalue weighted by atomic mass is 16.5. The molecule has 7 heteroatoms. The molecule has 3 aromatic carbocycles. The fourth-order valence-corrected chi connectivity index (χ4v) is 3.71. The van der Waals surface area contributed by atoms with E-state index in [1.807, 2.05) is 60.7 Å². The van der Waals surface area contributed by atoms with Crippen molar-refractivity contribution in [3.05, 3.63) is 90.0 Å². The Morgan fingerprint density at radius 1 is 0.906 bits per heavy atom. The summed E-state index contributed by atoms with van der Waals surface area (Å²) in [5.74, 6) is -0.610. The third kappa shape index (κ3) is 3.30. The van der Waals surface area contributed by atoms with Crippen LogP contribution in [0.1, 0.15) is 17.4 Å². The number of benzene rings is 3. The Hall–Kier alpha value is -4.39. The fraction of sp³-hybridized carbons (Fsp3) is 0.0800. The topological polar surface area (TPSA) is 91.9 Å².